The van der Waals surface area contributed by atoms with Crippen LogP contribution in [0.3, 0.4) is 0 Å². The number of hydrogen-bond acceptors (Lipinski definition) is 0. The van der Waals surface area contributed by atoms with Crippen molar-refractivity contribution >= 4 is 20.4 Å². The second-order valence-corrected chi connectivity index (χ2v) is 5.26. The van der Waals surface area contributed by atoms with Crippen molar-refractivity contribution in [3.63, 3.8) is 0 Å². The SMILES string of the molecule is Cc1ccc(/C(Br)=C\C2C=CCCC2)cc1. The van der Waals surface area contributed by atoms with Gasteiger partial charge in [0.05, 0.1) is 0 Å². The fourth-order valence-electron chi connectivity index (χ4n) is 1.97. The highest BCUT2D eigenvalue weighted by Crippen LogP contribution is 2.27. The van der Waals surface area contributed by atoms with E-state index >= 15 is 0 Å². The van der Waals surface area contributed by atoms with Gasteiger partial charge in [0.25, 0.3) is 0 Å². The molecule has 0 fully saturated rings. The molecule has 0 amide bonds. The molecule has 2 rings (SSSR count). The summed E-state index contributed by atoms with van der Waals surface area (Å²) in [5, 5.41) is 0. The number of aryl methyl sites for hydroxylation is 1. The van der Waals surface area contributed by atoms with Crippen LogP contribution in [0.5, 0.6) is 0 Å². The molecule has 0 N–H and O–H groups in total. The predicted molar refractivity (Wildman–Crippen MR) is 74.6 cm³/mol. The van der Waals surface area contributed by atoms with Crippen LogP contribution in [0.25, 0.3) is 4.48 Å². The van der Waals surface area contributed by atoms with E-state index in [0.29, 0.717) is 5.92 Å². The quantitative estimate of drug-likeness (QED) is 0.661. The Bertz CT molecular complexity index is 398. The fraction of sp³-hybridized carbons (Fsp3) is 0.333. The first-order chi connectivity index (χ1) is 7.75. The summed E-state index contributed by atoms with van der Waals surface area (Å²) in [6, 6.07) is 8.65. The molecule has 0 saturated carbocycles. The van der Waals surface area contributed by atoms with E-state index in [2.05, 4.69) is 65.3 Å². The minimum atomic E-state index is 0.601. The van der Waals surface area contributed by atoms with Crippen LogP contribution in [-0.2, 0) is 0 Å². The monoisotopic (exact) mass is 276 g/mol. The van der Waals surface area contributed by atoms with Crippen LogP contribution in [0.4, 0.5) is 0 Å². The van der Waals surface area contributed by atoms with E-state index in [-0.39, 0.29) is 0 Å². The van der Waals surface area contributed by atoms with Crippen molar-refractivity contribution in [3.05, 3.63) is 53.6 Å². The Morgan fingerprint density at radius 2 is 2.06 bits per heavy atom. The Labute approximate surface area is 106 Å². The van der Waals surface area contributed by atoms with Gasteiger partial charge in [-0.25, -0.2) is 0 Å². The van der Waals surface area contributed by atoms with Crippen LogP contribution in [0, 0.1) is 12.8 Å². The Balaban J connectivity index is 2.14. The predicted octanol–water partition coefficient (Wildman–Crippen LogP) is 5.09. The Kier molecular flexibility index (Phi) is 4.00. The molecule has 1 aliphatic carbocycles. The molecule has 0 spiro atoms. The lowest BCUT2D eigenvalue weighted by molar-refractivity contribution is 0.632. The topological polar surface area (TPSA) is 0 Å². The summed E-state index contributed by atoms with van der Waals surface area (Å²) in [6.45, 7) is 2.12. The number of halogens is 1. The molecule has 0 radical (unpaired) electrons. The van der Waals surface area contributed by atoms with Crippen molar-refractivity contribution in [1.29, 1.82) is 0 Å². The second kappa shape index (κ2) is 5.49. The van der Waals surface area contributed by atoms with Gasteiger partial charge in [-0.2, -0.15) is 0 Å². The molecule has 0 heterocycles. The summed E-state index contributed by atoms with van der Waals surface area (Å²) in [4.78, 5) is 0. The molecular formula is C15H17Br. The molecule has 0 aliphatic heterocycles. The van der Waals surface area contributed by atoms with Gasteiger partial charge in [0.2, 0.25) is 0 Å². The third-order valence-corrected chi connectivity index (χ3v) is 3.70. The summed E-state index contributed by atoms with van der Waals surface area (Å²) >= 11 is 3.67. The number of hydrogen-bond donors (Lipinski definition) is 0. The molecular weight excluding hydrogens is 260 g/mol. The number of rotatable bonds is 2. The second-order valence-electron chi connectivity index (χ2n) is 4.40. The van der Waals surface area contributed by atoms with Crippen LogP contribution in [0.1, 0.15) is 30.4 Å². The lowest BCUT2D eigenvalue weighted by atomic mass is 9.95. The average molecular weight is 277 g/mol. The van der Waals surface area contributed by atoms with Crippen molar-refractivity contribution < 1.29 is 0 Å². The maximum atomic E-state index is 3.67. The fourth-order valence-corrected chi connectivity index (χ4v) is 2.58. The first-order valence-corrected chi connectivity index (χ1v) is 6.66. The molecule has 1 aromatic carbocycles. The normalized spacial score (nSPS) is 21.1. The number of allylic oxidation sites excluding steroid dienone is 3. The van der Waals surface area contributed by atoms with E-state index in [1.165, 1.54) is 34.9 Å². The third-order valence-electron chi connectivity index (χ3n) is 2.98. The molecule has 16 heavy (non-hydrogen) atoms. The first-order valence-electron chi connectivity index (χ1n) is 5.87. The van der Waals surface area contributed by atoms with Crippen LogP contribution in [-0.4, -0.2) is 0 Å². The minimum absolute atomic E-state index is 0.601. The van der Waals surface area contributed by atoms with Gasteiger partial charge in [0, 0.05) is 4.48 Å². The zero-order valence-corrected chi connectivity index (χ0v) is 11.2. The van der Waals surface area contributed by atoms with Gasteiger partial charge in [0.15, 0.2) is 0 Å². The van der Waals surface area contributed by atoms with E-state index in [4.69, 9.17) is 0 Å². The van der Waals surface area contributed by atoms with Crippen LogP contribution in [0.15, 0.2) is 42.5 Å². The standard InChI is InChI=1S/C15H17Br/c1-12-7-9-14(10-8-12)15(16)11-13-5-3-2-4-6-13/h3,5,7-11,13H,2,4,6H2,1H3/b15-11+. The maximum absolute atomic E-state index is 3.67. The minimum Gasteiger partial charge on any atom is -0.0879 e. The van der Waals surface area contributed by atoms with Crippen molar-refractivity contribution in [2.45, 2.75) is 26.2 Å². The highest BCUT2D eigenvalue weighted by atomic mass is 79.9. The van der Waals surface area contributed by atoms with E-state index < -0.39 is 0 Å². The Morgan fingerprint density at radius 1 is 1.31 bits per heavy atom. The van der Waals surface area contributed by atoms with Crippen molar-refractivity contribution in [2.75, 3.05) is 0 Å². The van der Waals surface area contributed by atoms with Gasteiger partial charge in [-0.3, -0.25) is 0 Å². The molecule has 1 heteroatoms. The molecule has 0 bridgehead atoms. The van der Waals surface area contributed by atoms with E-state index in [9.17, 15) is 0 Å². The van der Waals surface area contributed by atoms with Crippen LogP contribution < -0.4 is 0 Å². The molecule has 1 atom stereocenters. The summed E-state index contributed by atoms with van der Waals surface area (Å²) in [7, 11) is 0. The first kappa shape index (κ1) is 11.7. The lowest BCUT2D eigenvalue weighted by Crippen LogP contribution is -1.97. The molecule has 0 saturated heterocycles. The lowest BCUT2D eigenvalue weighted by Gasteiger charge is -2.12. The summed E-state index contributed by atoms with van der Waals surface area (Å²) in [6.07, 6.45) is 10.8. The maximum Gasteiger partial charge on any atom is 0.0213 e. The molecule has 0 aromatic heterocycles. The van der Waals surface area contributed by atoms with Crippen molar-refractivity contribution in [2.24, 2.45) is 5.92 Å². The van der Waals surface area contributed by atoms with Crippen LogP contribution in [0.2, 0.25) is 0 Å². The molecule has 1 aliphatic rings. The molecule has 1 aromatic rings. The van der Waals surface area contributed by atoms with Gasteiger partial charge in [-0.1, -0.05) is 64.0 Å². The number of benzene rings is 1. The zero-order chi connectivity index (χ0) is 11.4. The molecule has 1 unspecified atom stereocenters. The van der Waals surface area contributed by atoms with Gasteiger partial charge in [-0.05, 0) is 37.7 Å². The Hall–Kier alpha value is -0.820. The zero-order valence-electron chi connectivity index (χ0n) is 9.62. The third kappa shape index (κ3) is 3.08. The summed E-state index contributed by atoms with van der Waals surface area (Å²) in [5.41, 5.74) is 2.58. The van der Waals surface area contributed by atoms with E-state index in [1.54, 1.807) is 0 Å². The van der Waals surface area contributed by atoms with Gasteiger partial charge >= 0.3 is 0 Å². The molecule has 84 valence electrons. The van der Waals surface area contributed by atoms with Crippen molar-refractivity contribution in [3.8, 4) is 0 Å². The van der Waals surface area contributed by atoms with Gasteiger partial charge < -0.3 is 0 Å². The molecule has 0 nitrogen and oxygen atoms in total. The summed E-state index contributed by atoms with van der Waals surface area (Å²) in [5.74, 6) is 0.601. The summed E-state index contributed by atoms with van der Waals surface area (Å²) < 4.78 is 1.21. The highest BCUT2D eigenvalue weighted by molar-refractivity contribution is 9.15. The van der Waals surface area contributed by atoms with E-state index in [0.717, 1.165) is 0 Å². The average Bonchev–Trinajstić information content (AvgIpc) is 2.31. The Morgan fingerprint density at radius 3 is 2.69 bits per heavy atom. The highest BCUT2D eigenvalue weighted by Gasteiger charge is 2.06. The van der Waals surface area contributed by atoms with Crippen LogP contribution >= 0.6 is 15.9 Å². The van der Waals surface area contributed by atoms with Gasteiger partial charge in [0.1, 0.15) is 0 Å². The largest absolute Gasteiger partial charge is 0.0879 e. The van der Waals surface area contributed by atoms with Crippen molar-refractivity contribution in [1.82, 2.24) is 0 Å². The smallest absolute Gasteiger partial charge is 0.0213 e. The van der Waals surface area contributed by atoms with Gasteiger partial charge in [-0.15, -0.1) is 0 Å². The van der Waals surface area contributed by atoms with E-state index in [1.807, 2.05) is 0 Å².